The van der Waals surface area contributed by atoms with Gasteiger partial charge in [0.05, 0.1) is 0 Å². The molecule has 0 saturated carbocycles. The van der Waals surface area contributed by atoms with Gasteiger partial charge in [-0.3, -0.25) is 0 Å². The van der Waals surface area contributed by atoms with Gasteiger partial charge in [0, 0.05) is 4.70 Å². The van der Waals surface area contributed by atoms with Crippen molar-refractivity contribution < 1.29 is 0 Å². The summed E-state index contributed by atoms with van der Waals surface area (Å²) in [5.41, 5.74) is 3.01. The van der Waals surface area contributed by atoms with Gasteiger partial charge < -0.3 is 0 Å². The molecule has 0 unspecified atom stereocenters. The Morgan fingerprint density at radius 2 is 1.60 bits per heavy atom. The van der Waals surface area contributed by atoms with Gasteiger partial charge in [0.25, 0.3) is 0 Å². The smallest absolute Gasteiger partial charge is 0.0348 e. The molecule has 0 aliphatic rings. The summed E-state index contributed by atoms with van der Waals surface area (Å²) in [6.45, 7) is 9.10. The van der Waals surface area contributed by atoms with Gasteiger partial charge in [0.2, 0.25) is 0 Å². The van der Waals surface area contributed by atoms with Crippen molar-refractivity contribution in [2.75, 3.05) is 0 Å². The maximum atomic E-state index is 2.32. The van der Waals surface area contributed by atoms with E-state index in [1.54, 1.807) is 0 Å². The van der Waals surface area contributed by atoms with E-state index in [4.69, 9.17) is 0 Å². The molecular formula is C14H18S. The highest BCUT2D eigenvalue weighted by Gasteiger charge is 2.12. The lowest BCUT2D eigenvalue weighted by atomic mass is 9.93. The summed E-state index contributed by atoms with van der Waals surface area (Å²) < 4.78 is 1.44. The van der Waals surface area contributed by atoms with Crippen molar-refractivity contribution in [2.45, 2.75) is 39.5 Å². The molecular weight excluding hydrogens is 200 g/mol. The van der Waals surface area contributed by atoms with Crippen LogP contribution in [0.1, 0.15) is 50.7 Å². The molecule has 1 heterocycles. The molecule has 0 saturated heterocycles. The average Bonchev–Trinajstić information content (AvgIpc) is 2.60. The third-order valence-corrected chi connectivity index (χ3v) is 3.87. The van der Waals surface area contributed by atoms with E-state index in [-0.39, 0.29) is 0 Å². The zero-order valence-electron chi connectivity index (χ0n) is 9.87. The van der Waals surface area contributed by atoms with E-state index in [1.165, 1.54) is 21.2 Å². The Morgan fingerprint density at radius 1 is 0.933 bits per heavy atom. The minimum Gasteiger partial charge on any atom is -0.144 e. The molecule has 0 nitrogen and oxygen atoms in total. The number of hydrogen-bond donors (Lipinski definition) is 0. The molecule has 80 valence electrons. The fraction of sp³-hybridized carbons (Fsp3) is 0.429. The summed E-state index contributed by atoms with van der Waals surface area (Å²) in [4.78, 5) is 0. The first-order valence-electron chi connectivity index (χ1n) is 5.61. The van der Waals surface area contributed by atoms with Gasteiger partial charge in [-0.05, 0) is 39.8 Å². The third kappa shape index (κ3) is 1.81. The molecule has 1 heteroatoms. The second kappa shape index (κ2) is 3.97. The summed E-state index contributed by atoms with van der Waals surface area (Å²) in [5, 5.41) is 3.83. The number of thiophene rings is 1. The van der Waals surface area contributed by atoms with Crippen LogP contribution in [0.15, 0.2) is 23.6 Å². The van der Waals surface area contributed by atoms with Crippen LogP contribution in [0.3, 0.4) is 0 Å². The molecule has 0 bridgehead atoms. The van der Waals surface area contributed by atoms with Crippen molar-refractivity contribution >= 4 is 21.4 Å². The lowest BCUT2D eigenvalue weighted by Crippen LogP contribution is -1.92. The van der Waals surface area contributed by atoms with Crippen molar-refractivity contribution in [1.29, 1.82) is 0 Å². The molecule has 0 fully saturated rings. The minimum atomic E-state index is 0.612. The highest BCUT2D eigenvalue weighted by molar-refractivity contribution is 7.17. The molecule has 0 aliphatic carbocycles. The fourth-order valence-corrected chi connectivity index (χ4v) is 3.20. The Kier molecular flexibility index (Phi) is 2.83. The van der Waals surface area contributed by atoms with Crippen LogP contribution >= 0.6 is 11.3 Å². The standard InChI is InChI=1S/C14H18S/c1-9(2)11-6-5-7-13-14(11)12(8-15-13)10(3)4/h5-10H,1-4H3. The average molecular weight is 218 g/mol. The van der Waals surface area contributed by atoms with Gasteiger partial charge in [-0.15, -0.1) is 11.3 Å². The van der Waals surface area contributed by atoms with Crippen molar-refractivity contribution in [3.63, 3.8) is 0 Å². The highest BCUT2D eigenvalue weighted by atomic mass is 32.1. The Hall–Kier alpha value is -0.820. The first-order chi connectivity index (χ1) is 7.11. The van der Waals surface area contributed by atoms with Gasteiger partial charge in [-0.1, -0.05) is 39.8 Å². The molecule has 15 heavy (non-hydrogen) atoms. The first kappa shape index (κ1) is 10.7. The number of rotatable bonds is 2. The number of hydrogen-bond acceptors (Lipinski definition) is 1. The molecule has 1 aromatic carbocycles. The van der Waals surface area contributed by atoms with Gasteiger partial charge >= 0.3 is 0 Å². The van der Waals surface area contributed by atoms with Gasteiger partial charge in [-0.2, -0.15) is 0 Å². The molecule has 2 aromatic rings. The van der Waals surface area contributed by atoms with Crippen LogP contribution in [-0.2, 0) is 0 Å². The minimum absolute atomic E-state index is 0.612. The second-order valence-electron chi connectivity index (χ2n) is 4.72. The molecule has 0 N–H and O–H groups in total. The van der Waals surface area contributed by atoms with Crippen LogP contribution in [0.5, 0.6) is 0 Å². The van der Waals surface area contributed by atoms with Crippen molar-refractivity contribution in [1.82, 2.24) is 0 Å². The van der Waals surface area contributed by atoms with E-state index in [1.807, 2.05) is 11.3 Å². The zero-order valence-corrected chi connectivity index (χ0v) is 10.7. The van der Waals surface area contributed by atoms with E-state index in [0.717, 1.165) is 0 Å². The SMILES string of the molecule is CC(C)c1cccc2scc(C(C)C)c12. The Balaban J connectivity index is 2.75. The van der Waals surface area contributed by atoms with Crippen LogP contribution in [0.25, 0.3) is 10.1 Å². The maximum Gasteiger partial charge on any atom is 0.0348 e. The van der Waals surface area contributed by atoms with E-state index < -0.39 is 0 Å². The third-order valence-electron chi connectivity index (χ3n) is 2.90. The van der Waals surface area contributed by atoms with E-state index in [0.29, 0.717) is 11.8 Å². The normalized spacial score (nSPS) is 11.9. The molecule has 0 atom stereocenters. The molecule has 2 rings (SSSR count). The molecule has 1 aromatic heterocycles. The Bertz CT molecular complexity index is 463. The van der Waals surface area contributed by atoms with Crippen LogP contribution in [0.4, 0.5) is 0 Å². The van der Waals surface area contributed by atoms with Crippen molar-refractivity contribution in [3.8, 4) is 0 Å². The maximum absolute atomic E-state index is 2.32. The van der Waals surface area contributed by atoms with Gasteiger partial charge in [0.1, 0.15) is 0 Å². The summed E-state index contributed by atoms with van der Waals surface area (Å²) in [6.07, 6.45) is 0. The molecule has 0 radical (unpaired) electrons. The summed E-state index contributed by atoms with van der Waals surface area (Å²) in [7, 11) is 0. The van der Waals surface area contributed by atoms with Crippen LogP contribution in [-0.4, -0.2) is 0 Å². The highest BCUT2D eigenvalue weighted by Crippen LogP contribution is 2.36. The zero-order chi connectivity index (χ0) is 11.0. The van der Waals surface area contributed by atoms with E-state index in [2.05, 4.69) is 51.3 Å². The molecule has 0 aliphatic heterocycles. The second-order valence-corrected chi connectivity index (χ2v) is 5.63. The topological polar surface area (TPSA) is 0 Å². The number of fused-ring (bicyclic) bond motifs is 1. The van der Waals surface area contributed by atoms with Crippen molar-refractivity contribution in [2.24, 2.45) is 0 Å². The van der Waals surface area contributed by atoms with Crippen molar-refractivity contribution in [3.05, 3.63) is 34.7 Å². The monoisotopic (exact) mass is 218 g/mol. The summed E-state index contributed by atoms with van der Waals surface area (Å²) in [6, 6.07) is 6.68. The summed E-state index contributed by atoms with van der Waals surface area (Å²) in [5.74, 6) is 1.24. The quantitative estimate of drug-likeness (QED) is 0.654. The predicted octanol–water partition coefficient (Wildman–Crippen LogP) is 5.15. The van der Waals surface area contributed by atoms with Crippen LogP contribution in [0, 0.1) is 0 Å². The lowest BCUT2D eigenvalue weighted by Gasteiger charge is -2.11. The van der Waals surface area contributed by atoms with Crippen LogP contribution in [0.2, 0.25) is 0 Å². The Morgan fingerprint density at radius 3 is 2.20 bits per heavy atom. The van der Waals surface area contributed by atoms with Gasteiger partial charge in [0.15, 0.2) is 0 Å². The Labute approximate surface area is 95.9 Å². The lowest BCUT2D eigenvalue weighted by molar-refractivity contribution is 0.857. The van der Waals surface area contributed by atoms with Gasteiger partial charge in [-0.25, -0.2) is 0 Å². The first-order valence-corrected chi connectivity index (χ1v) is 6.49. The van der Waals surface area contributed by atoms with Crippen LogP contribution < -0.4 is 0 Å². The van der Waals surface area contributed by atoms with E-state index in [9.17, 15) is 0 Å². The number of benzene rings is 1. The fourth-order valence-electron chi connectivity index (χ4n) is 2.05. The van der Waals surface area contributed by atoms with E-state index >= 15 is 0 Å². The summed E-state index contributed by atoms with van der Waals surface area (Å²) >= 11 is 1.87. The predicted molar refractivity (Wildman–Crippen MR) is 70.0 cm³/mol. The molecule has 0 spiro atoms. The largest absolute Gasteiger partial charge is 0.144 e. The molecule has 0 amide bonds.